The molecule has 0 saturated carbocycles. The molecule has 2 aliphatic heterocycles. The number of hydrogen-bond acceptors (Lipinski definition) is 7. The van der Waals surface area contributed by atoms with E-state index in [-0.39, 0.29) is 23.7 Å². The van der Waals surface area contributed by atoms with Crippen LogP contribution in [0.1, 0.15) is 21.0 Å². The zero-order valence-electron chi connectivity index (χ0n) is 21.6. The lowest BCUT2D eigenvalue weighted by molar-refractivity contribution is 0.0732. The number of nitrogens with one attached hydrogen (secondary N) is 1. The molecule has 5 aromatic heterocycles. The second-order valence-corrected chi connectivity index (χ2v) is 10.2. The van der Waals surface area contributed by atoms with Gasteiger partial charge >= 0.3 is 0 Å². The summed E-state index contributed by atoms with van der Waals surface area (Å²) in [5.74, 6) is 1.50. The molecule has 0 spiro atoms. The summed E-state index contributed by atoms with van der Waals surface area (Å²) in [4.78, 5) is 48.4. The first-order valence-corrected chi connectivity index (χ1v) is 13.3. The minimum absolute atomic E-state index is 0.0899. The quantitative estimate of drug-likeness (QED) is 0.368. The predicted molar refractivity (Wildman–Crippen MR) is 149 cm³/mol. The first-order chi connectivity index (χ1) is 19.6. The van der Waals surface area contributed by atoms with Gasteiger partial charge in [0.1, 0.15) is 34.4 Å². The summed E-state index contributed by atoms with van der Waals surface area (Å²) in [6.45, 7) is 2.40. The Morgan fingerprint density at radius 2 is 1.35 bits per heavy atom. The molecule has 2 amide bonds. The Balaban J connectivity index is 1.00. The van der Waals surface area contributed by atoms with Crippen LogP contribution in [0.2, 0.25) is 0 Å². The average molecular weight is 531 g/mol. The molecule has 2 saturated heterocycles. The predicted octanol–water partition coefficient (Wildman–Crippen LogP) is 3.77. The van der Waals surface area contributed by atoms with Crippen molar-refractivity contribution in [2.75, 3.05) is 31.5 Å². The zero-order chi connectivity index (χ0) is 27.1. The number of anilines is 2. The smallest absolute Gasteiger partial charge is 0.272 e. The average Bonchev–Trinajstić information content (AvgIpc) is 3.71. The second kappa shape index (κ2) is 9.88. The van der Waals surface area contributed by atoms with Crippen LogP contribution in [0, 0.1) is 11.8 Å². The van der Waals surface area contributed by atoms with Crippen molar-refractivity contribution < 1.29 is 9.59 Å². The second-order valence-electron chi connectivity index (χ2n) is 10.2. The molecular formula is C30H26N8O2. The van der Waals surface area contributed by atoms with E-state index in [1.807, 2.05) is 87.3 Å². The van der Waals surface area contributed by atoms with Gasteiger partial charge in [-0.2, -0.15) is 0 Å². The van der Waals surface area contributed by atoms with E-state index in [0.29, 0.717) is 54.9 Å². The summed E-state index contributed by atoms with van der Waals surface area (Å²) in [6, 6.07) is 22.2. The van der Waals surface area contributed by atoms with Crippen LogP contribution in [0.25, 0.3) is 17.0 Å². The molecule has 2 aliphatic rings. The van der Waals surface area contributed by atoms with Gasteiger partial charge < -0.3 is 19.5 Å². The number of rotatable bonds is 5. The Morgan fingerprint density at radius 1 is 0.675 bits per heavy atom. The van der Waals surface area contributed by atoms with Crippen LogP contribution in [0.4, 0.5) is 11.6 Å². The molecule has 0 aromatic carbocycles. The summed E-state index contributed by atoms with van der Waals surface area (Å²) in [5, 5.41) is 3.14. The van der Waals surface area contributed by atoms with Gasteiger partial charge in [-0.05, 0) is 48.5 Å². The summed E-state index contributed by atoms with van der Waals surface area (Å²) >= 11 is 0. The largest absolute Gasteiger partial charge is 0.337 e. The lowest BCUT2D eigenvalue weighted by Gasteiger charge is -2.21. The van der Waals surface area contributed by atoms with Crippen molar-refractivity contribution in [2.24, 2.45) is 11.8 Å². The lowest BCUT2D eigenvalue weighted by Crippen LogP contribution is -2.36. The van der Waals surface area contributed by atoms with Crippen LogP contribution >= 0.6 is 0 Å². The third-order valence-electron chi connectivity index (χ3n) is 7.54. The number of aromatic nitrogens is 5. The molecule has 0 aliphatic carbocycles. The molecule has 10 heteroatoms. The summed E-state index contributed by atoms with van der Waals surface area (Å²) in [6.07, 6.45) is 5.54. The number of hydrogen-bond donors (Lipinski definition) is 1. The first kappa shape index (κ1) is 24.0. The van der Waals surface area contributed by atoms with Gasteiger partial charge in [0.25, 0.3) is 11.8 Å². The summed E-state index contributed by atoms with van der Waals surface area (Å²) in [5.41, 5.74) is 3.01. The Kier molecular flexibility index (Phi) is 5.92. The normalized spacial score (nSPS) is 18.2. The number of carbonyl (C=O) groups excluding carboxylic acids is 2. The van der Waals surface area contributed by atoms with Crippen LogP contribution in [0.5, 0.6) is 0 Å². The molecule has 0 radical (unpaired) electrons. The van der Waals surface area contributed by atoms with Gasteiger partial charge in [-0.25, -0.2) is 19.9 Å². The Bertz CT molecular complexity index is 1670. The Morgan fingerprint density at radius 3 is 2.05 bits per heavy atom. The maximum Gasteiger partial charge on any atom is 0.272 e. The van der Waals surface area contributed by atoms with E-state index in [2.05, 4.69) is 25.3 Å². The fourth-order valence-electron chi connectivity index (χ4n) is 5.59. The number of carbonyl (C=O) groups is 2. The Labute approximate surface area is 230 Å². The molecule has 2 fully saturated rings. The van der Waals surface area contributed by atoms with E-state index in [4.69, 9.17) is 0 Å². The molecule has 2 unspecified atom stereocenters. The van der Waals surface area contributed by atoms with Crippen molar-refractivity contribution in [3.05, 3.63) is 103 Å². The van der Waals surface area contributed by atoms with Crippen molar-refractivity contribution in [1.82, 2.24) is 34.1 Å². The van der Waals surface area contributed by atoms with E-state index in [1.54, 1.807) is 18.3 Å². The van der Waals surface area contributed by atoms with E-state index >= 15 is 0 Å². The van der Waals surface area contributed by atoms with Gasteiger partial charge in [0.15, 0.2) is 0 Å². The molecular weight excluding hydrogens is 504 g/mol. The third-order valence-corrected chi connectivity index (χ3v) is 7.54. The molecule has 7 rings (SSSR count). The van der Waals surface area contributed by atoms with Gasteiger partial charge in [0, 0.05) is 56.6 Å². The molecule has 10 nitrogen and oxygen atoms in total. The molecule has 7 heterocycles. The highest BCUT2D eigenvalue weighted by atomic mass is 16.2. The molecule has 40 heavy (non-hydrogen) atoms. The van der Waals surface area contributed by atoms with E-state index in [0.717, 1.165) is 11.3 Å². The number of pyridine rings is 4. The van der Waals surface area contributed by atoms with Crippen molar-refractivity contribution >= 4 is 29.1 Å². The minimum atomic E-state index is -0.0984. The number of likely N-dealkylation sites (tertiary alicyclic amines) is 2. The number of amides is 2. The number of nitrogens with zero attached hydrogens (tertiary/aromatic N) is 7. The molecule has 0 bridgehead atoms. The highest BCUT2D eigenvalue weighted by molar-refractivity contribution is 5.94. The minimum Gasteiger partial charge on any atom is -0.337 e. The topological polar surface area (TPSA) is 109 Å². The highest BCUT2D eigenvalue weighted by Gasteiger charge is 2.43. The standard InChI is InChI=1S/C30H26N8O2/c39-29(23-8-5-7-22(32-23)25-19-36-14-4-2-12-28(36)34-25)37-15-20-17-38(18-21(20)16-37)30(40)24-9-6-11-27(33-24)35-26-10-1-3-13-31-26/h1-14,19-21H,15-18H2,(H,31,33,35). The highest BCUT2D eigenvalue weighted by Crippen LogP contribution is 2.33. The fraction of sp³-hybridized carbons (Fsp3) is 0.200. The Hall–Kier alpha value is -5.12. The maximum absolute atomic E-state index is 13.4. The lowest BCUT2D eigenvalue weighted by atomic mass is 10.0. The molecule has 198 valence electrons. The number of imidazole rings is 1. The number of fused-ring (bicyclic) bond motifs is 2. The van der Waals surface area contributed by atoms with Crippen molar-refractivity contribution in [3.63, 3.8) is 0 Å². The van der Waals surface area contributed by atoms with Gasteiger partial charge in [-0.3, -0.25) is 9.59 Å². The van der Waals surface area contributed by atoms with E-state index < -0.39 is 0 Å². The fourth-order valence-corrected chi connectivity index (χ4v) is 5.59. The van der Waals surface area contributed by atoms with Crippen LogP contribution in [0.3, 0.4) is 0 Å². The molecule has 2 atom stereocenters. The SMILES string of the molecule is O=C(c1cccc(Nc2ccccn2)n1)N1CC2CN(C(=O)c3cccc(-c4cn5ccccc5n4)n3)CC2C1. The van der Waals surface area contributed by atoms with E-state index in [1.165, 1.54) is 0 Å². The molecule has 5 aromatic rings. The van der Waals surface area contributed by atoms with Gasteiger partial charge in [-0.1, -0.05) is 24.3 Å². The van der Waals surface area contributed by atoms with Crippen LogP contribution in [-0.2, 0) is 0 Å². The van der Waals surface area contributed by atoms with Crippen molar-refractivity contribution in [3.8, 4) is 11.4 Å². The van der Waals surface area contributed by atoms with Crippen LogP contribution in [-0.4, -0.2) is 72.1 Å². The monoisotopic (exact) mass is 530 g/mol. The summed E-state index contributed by atoms with van der Waals surface area (Å²) in [7, 11) is 0. The maximum atomic E-state index is 13.4. The molecule has 1 N–H and O–H groups in total. The first-order valence-electron chi connectivity index (χ1n) is 13.3. The van der Waals surface area contributed by atoms with Gasteiger partial charge in [-0.15, -0.1) is 0 Å². The van der Waals surface area contributed by atoms with Crippen LogP contribution in [0.15, 0.2) is 91.4 Å². The van der Waals surface area contributed by atoms with Crippen molar-refractivity contribution in [2.45, 2.75) is 0 Å². The third kappa shape index (κ3) is 4.53. The summed E-state index contributed by atoms with van der Waals surface area (Å²) < 4.78 is 1.93. The van der Waals surface area contributed by atoms with Crippen molar-refractivity contribution in [1.29, 1.82) is 0 Å². The zero-order valence-corrected chi connectivity index (χ0v) is 21.6. The van der Waals surface area contributed by atoms with Gasteiger partial charge in [0.05, 0.1) is 5.69 Å². The van der Waals surface area contributed by atoms with Gasteiger partial charge in [0.2, 0.25) is 0 Å². The van der Waals surface area contributed by atoms with Crippen LogP contribution < -0.4 is 5.32 Å². The van der Waals surface area contributed by atoms with E-state index in [9.17, 15) is 9.59 Å².